The molecule has 0 fully saturated rings. The van der Waals surface area contributed by atoms with E-state index in [0.29, 0.717) is 3.82 Å². The van der Waals surface area contributed by atoms with Crippen molar-refractivity contribution in [3.63, 3.8) is 0 Å². The van der Waals surface area contributed by atoms with Gasteiger partial charge in [0.1, 0.15) is 0 Å². The van der Waals surface area contributed by atoms with E-state index in [-0.39, 0.29) is 0 Å². The van der Waals surface area contributed by atoms with Gasteiger partial charge in [-0.2, -0.15) is 0 Å². The molecular weight excluding hydrogens is 162 g/mol. The average Bonchev–Trinajstić information content (AvgIpc) is 1.65. The van der Waals surface area contributed by atoms with Crippen LogP contribution in [0.5, 0.6) is 0 Å². The van der Waals surface area contributed by atoms with E-state index in [1.165, 1.54) is 7.05 Å². The highest BCUT2D eigenvalue weighted by atomic mass is 35.5. The lowest BCUT2D eigenvalue weighted by Crippen LogP contribution is -2.25. The molecule has 3 nitrogen and oxygen atoms in total. The van der Waals surface area contributed by atoms with Gasteiger partial charge in [-0.3, -0.25) is 0 Å². The largest absolute Gasteiger partial charge is 0.229 e. The molecule has 0 rings (SSSR count). The Morgan fingerprint density at radius 3 is 1.78 bits per heavy atom. The Morgan fingerprint density at radius 2 is 1.78 bits per heavy atom. The molecule has 0 atom stereocenters. The minimum Gasteiger partial charge on any atom is -0.211 e. The fourth-order valence-corrected chi connectivity index (χ4v) is 1.35. The predicted octanol–water partition coefficient (Wildman–Crippen LogP) is 0.810. The summed E-state index contributed by atoms with van der Waals surface area (Å²) in [6.07, 6.45) is 0. The molecule has 5 heteroatoms. The highest BCUT2D eigenvalue weighted by Gasteiger charge is 2.19. The molecule has 0 aromatic heterocycles. The van der Waals surface area contributed by atoms with Crippen LogP contribution >= 0.6 is 11.8 Å². The van der Waals surface area contributed by atoms with E-state index in [9.17, 15) is 8.42 Å². The van der Waals surface area contributed by atoms with Gasteiger partial charge in [-0.15, -0.1) is 3.82 Å². The molecule has 0 N–H and O–H groups in total. The second-order valence-electron chi connectivity index (χ2n) is 1.98. The Morgan fingerprint density at radius 1 is 1.44 bits per heavy atom. The first kappa shape index (κ1) is 9.20. The van der Waals surface area contributed by atoms with Crippen molar-refractivity contribution in [2.45, 2.75) is 19.1 Å². The van der Waals surface area contributed by atoms with E-state index < -0.39 is 15.3 Å². The summed E-state index contributed by atoms with van der Waals surface area (Å²) in [5.74, 6) is 0. The van der Waals surface area contributed by atoms with Gasteiger partial charge in [-0.05, 0) is 25.6 Å². The number of hydrogen-bond acceptors (Lipinski definition) is 2. The third-order valence-corrected chi connectivity index (χ3v) is 3.42. The van der Waals surface area contributed by atoms with Gasteiger partial charge >= 0.3 is 0 Å². The van der Waals surface area contributed by atoms with Gasteiger partial charge in [0, 0.05) is 7.05 Å². The summed E-state index contributed by atoms with van der Waals surface area (Å²) in [5, 5.41) is -0.444. The van der Waals surface area contributed by atoms with E-state index in [0.717, 1.165) is 0 Å². The van der Waals surface area contributed by atoms with Crippen LogP contribution < -0.4 is 0 Å². The van der Waals surface area contributed by atoms with Crippen LogP contribution in [0, 0.1) is 0 Å². The molecule has 0 saturated carbocycles. The Hall–Kier alpha value is 0.200. The first-order chi connectivity index (χ1) is 3.89. The van der Waals surface area contributed by atoms with Gasteiger partial charge in [0.15, 0.2) is 0 Å². The van der Waals surface area contributed by atoms with Gasteiger partial charge in [-0.1, -0.05) is 0 Å². The standard InChI is InChI=1S/C4H10ClNO2S/c1-4(2)9(7,8)6(3)5/h4H,1-3H3. The van der Waals surface area contributed by atoms with E-state index in [1.54, 1.807) is 13.8 Å². The number of hydrogen-bond donors (Lipinski definition) is 0. The second kappa shape index (κ2) is 2.86. The first-order valence-electron chi connectivity index (χ1n) is 2.52. The van der Waals surface area contributed by atoms with Crippen molar-refractivity contribution in [2.24, 2.45) is 0 Å². The van der Waals surface area contributed by atoms with Gasteiger partial charge in [0.2, 0.25) is 10.0 Å². The fraction of sp³-hybridized carbons (Fsp3) is 1.00. The molecule has 9 heavy (non-hydrogen) atoms. The van der Waals surface area contributed by atoms with Crippen molar-refractivity contribution in [3.8, 4) is 0 Å². The molecule has 0 unspecified atom stereocenters. The first-order valence-corrected chi connectivity index (χ1v) is 4.36. The van der Waals surface area contributed by atoms with E-state index in [4.69, 9.17) is 11.8 Å². The molecule has 56 valence electrons. The molecule has 0 bridgehead atoms. The summed E-state index contributed by atoms with van der Waals surface area (Å²) in [7, 11) is -1.91. The van der Waals surface area contributed by atoms with Gasteiger partial charge < -0.3 is 0 Å². The van der Waals surface area contributed by atoms with Crippen molar-refractivity contribution >= 4 is 21.8 Å². The van der Waals surface area contributed by atoms with Crippen LogP contribution in [-0.2, 0) is 10.0 Å². The van der Waals surface area contributed by atoms with Crippen molar-refractivity contribution < 1.29 is 8.42 Å². The number of nitrogens with zero attached hydrogens (tertiary/aromatic N) is 1. The molecule has 0 aromatic rings. The van der Waals surface area contributed by atoms with Crippen molar-refractivity contribution in [2.75, 3.05) is 7.05 Å². The maximum absolute atomic E-state index is 10.8. The van der Waals surface area contributed by atoms with Gasteiger partial charge in [-0.25, -0.2) is 8.42 Å². The third kappa shape index (κ3) is 2.12. The molecule has 0 heterocycles. The lowest BCUT2D eigenvalue weighted by molar-refractivity contribution is 0.552. The topological polar surface area (TPSA) is 37.4 Å². The molecule has 0 amide bonds. The maximum atomic E-state index is 10.8. The minimum atomic E-state index is -3.22. The summed E-state index contributed by atoms with van der Waals surface area (Å²) >= 11 is 5.21. The average molecular weight is 172 g/mol. The Bertz CT molecular complexity index is 159. The summed E-state index contributed by atoms with van der Waals surface area (Å²) in [6.45, 7) is 3.16. The Kier molecular flexibility index (Phi) is 2.92. The second-order valence-corrected chi connectivity index (χ2v) is 5.21. The zero-order valence-electron chi connectivity index (χ0n) is 5.63. The highest BCUT2D eigenvalue weighted by molar-refractivity contribution is 7.90. The summed E-state index contributed by atoms with van der Waals surface area (Å²) in [6, 6.07) is 0. The smallest absolute Gasteiger partial charge is 0.211 e. The molecule has 0 saturated heterocycles. The van der Waals surface area contributed by atoms with Gasteiger partial charge in [0.25, 0.3) is 0 Å². The molecule has 0 aliphatic carbocycles. The van der Waals surface area contributed by atoms with E-state index in [1.807, 2.05) is 0 Å². The molecular formula is C4H10ClNO2S. The Balaban J connectivity index is 4.42. The monoisotopic (exact) mass is 171 g/mol. The zero-order valence-corrected chi connectivity index (χ0v) is 7.20. The van der Waals surface area contributed by atoms with Crippen LogP contribution in [0.3, 0.4) is 0 Å². The van der Waals surface area contributed by atoms with Crippen LogP contribution in [-0.4, -0.2) is 24.5 Å². The summed E-state index contributed by atoms with van der Waals surface area (Å²) in [5.41, 5.74) is 0. The molecule has 0 spiro atoms. The van der Waals surface area contributed by atoms with Crippen LogP contribution in [0.15, 0.2) is 0 Å². The predicted molar refractivity (Wildman–Crippen MR) is 37.7 cm³/mol. The van der Waals surface area contributed by atoms with Crippen LogP contribution in [0.1, 0.15) is 13.8 Å². The zero-order chi connectivity index (χ0) is 7.65. The molecule has 0 aliphatic rings. The number of halogens is 1. The third-order valence-electron chi connectivity index (χ3n) is 0.946. The quantitative estimate of drug-likeness (QED) is 0.577. The minimum absolute atomic E-state index is 0.444. The van der Waals surface area contributed by atoms with Crippen LogP contribution in [0.2, 0.25) is 0 Å². The van der Waals surface area contributed by atoms with Crippen molar-refractivity contribution in [3.05, 3.63) is 0 Å². The SMILES string of the molecule is CC(C)S(=O)(=O)N(C)Cl. The molecule has 0 aliphatic heterocycles. The van der Waals surface area contributed by atoms with Crippen molar-refractivity contribution in [1.29, 1.82) is 0 Å². The highest BCUT2D eigenvalue weighted by Crippen LogP contribution is 2.07. The fourth-order valence-electron chi connectivity index (χ4n) is 0.291. The Labute approximate surface area is 60.8 Å². The van der Waals surface area contributed by atoms with Gasteiger partial charge in [0.05, 0.1) is 5.25 Å². The maximum Gasteiger partial charge on any atom is 0.229 e. The normalized spacial score (nSPS) is 13.1. The lowest BCUT2D eigenvalue weighted by Gasteiger charge is -2.10. The van der Waals surface area contributed by atoms with Crippen molar-refractivity contribution in [1.82, 2.24) is 3.82 Å². The summed E-state index contributed by atoms with van der Waals surface area (Å²) < 4.78 is 22.4. The summed E-state index contributed by atoms with van der Waals surface area (Å²) in [4.78, 5) is 0. The number of rotatable bonds is 2. The van der Waals surface area contributed by atoms with Crippen LogP contribution in [0.4, 0.5) is 0 Å². The lowest BCUT2D eigenvalue weighted by atomic mass is 10.6. The van der Waals surface area contributed by atoms with E-state index >= 15 is 0 Å². The molecule has 0 aromatic carbocycles. The van der Waals surface area contributed by atoms with Crippen LogP contribution in [0.25, 0.3) is 0 Å². The molecule has 0 radical (unpaired) electrons. The van der Waals surface area contributed by atoms with E-state index in [2.05, 4.69) is 0 Å². The number of sulfonamides is 1.